The molecule has 116 valence electrons. The molecule has 4 N–H and O–H groups in total. The molecular formula is C18H19N5. The molecule has 0 amide bonds. The van der Waals surface area contributed by atoms with Gasteiger partial charge < -0.3 is 16.4 Å². The number of benzene rings is 2. The predicted octanol–water partition coefficient (Wildman–Crippen LogP) is 2.45. The summed E-state index contributed by atoms with van der Waals surface area (Å²) in [6, 6.07) is 12.2. The maximum atomic E-state index is 6.17. The Morgan fingerprint density at radius 3 is 2.78 bits per heavy atom. The SMILES string of the molecule is CN1CCc2cc(-c3nc(N)nc4cccc(N)c34)ccc2C1. The highest BCUT2D eigenvalue weighted by atomic mass is 15.1. The second kappa shape index (κ2) is 5.21. The van der Waals surface area contributed by atoms with Gasteiger partial charge in [0.25, 0.3) is 0 Å². The first-order chi connectivity index (χ1) is 11.1. The second-order valence-electron chi connectivity index (χ2n) is 6.14. The Morgan fingerprint density at radius 1 is 1.04 bits per heavy atom. The van der Waals surface area contributed by atoms with Crippen molar-refractivity contribution in [1.82, 2.24) is 14.9 Å². The van der Waals surface area contributed by atoms with E-state index >= 15 is 0 Å². The van der Waals surface area contributed by atoms with Crippen molar-refractivity contribution in [3.63, 3.8) is 0 Å². The number of aromatic nitrogens is 2. The molecule has 1 aliphatic heterocycles. The standard InChI is InChI=1S/C18H19N5/c1-23-8-7-11-9-12(5-6-13(11)10-23)17-16-14(19)3-2-4-15(16)21-18(20)22-17/h2-6,9H,7-8,10,19H2,1H3,(H2,20,21,22). The van der Waals surface area contributed by atoms with E-state index in [0.717, 1.165) is 41.7 Å². The van der Waals surface area contributed by atoms with E-state index in [-0.39, 0.29) is 5.95 Å². The van der Waals surface area contributed by atoms with Gasteiger partial charge in [0.1, 0.15) is 0 Å². The molecule has 0 aliphatic carbocycles. The first-order valence-corrected chi connectivity index (χ1v) is 7.74. The molecule has 23 heavy (non-hydrogen) atoms. The maximum absolute atomic E-state index is 6.17. The minimum Gasteiger partial charge on any atom is -0.398 e. The quantitative estimate of drug-likeness (QED) is 0.675. The third-order valence-corrected chi connectivity index (χ3v) is 4.46. The number of fused-ring (bicyclic) bond motifs is 2. The Hall–Kier alpha value is -2.66. The van der Waals surface area contributed by atoms with E-state index in [4.69, 9.17) is 11.5 Å². The monoisotopic (exact) mass is 305 g/mol. The predicted molar refractivity (Wildman–Crippen MR) is 93.8 cm³/mol. The van der Waals surface area contributed by atoms with Crippen LogP contribution in [0.3, 0.4) is 0 Å². The molecular weight excluding hydrogens is 286 g/mol. The lowest BCUT2D eigenvalue weighted by atomic mass is 9.95. The van der Waals surface area contributed by atoms with Crippen LogP contribution in [-0.2, 0) is 13.0 Å². The summed E-state index contributed by atoms with van der Waals surface area (Å²) in [6.45, 7) is 2.07. The van der Waals surface area contributed by atoms with Crippen molar-refractivity contribution < 1.29 is 0 Å². The summed E-state index contributed by atoms with van der Waals surface area (Å²) in [7, 11) is 2.15. The van der Waals surface area contributed by atoms with Gasteiger partial charge in [-0.05, 0) is 42.8 Å². The number of nitrogens with two attached hydrogens (primary N) is 2. The molecule has 0 bridgehead atoms. The maximum Gasteiger partial charge on any atom is 0.221 e. The van der Waals surface area contributed by atoms with Crippen LogP contribution in [0, 0.1) is 0 Å². The Morgan fingerprint density at radius 2 is 1.91 bits per heavy atom. The number of hydrogen-bond donors (Lipinski definition) is 2. The van der Waals surface area contributed by atoms with Crippen LogP contribution in [0.1, 0.15) is 11.1 Å². The normalized spacial score (nSPS) is 14.8. The number of hydrogen-bond acceptors (Lipinski definition) is 5. The summed E-state index contributed by atoms with van der Waals surface area (Å²) in [5, 5.41) is 0.870. The third-order valence-electron chi connectivity index (χ3n) is 4.46. The van der Waals surface area contributed by atoms with E-state index in [9.17, 15) is 0 Å². The lowest BCUT2D eigenvalue weighted by Gasteiger charge is -2.25. The van der Waals surface area contributed by atoms with Gasteiger partial charge in [-0.3, -0.25) is 0 Å². The Kier molecular flexibility index (Phi) is 3.16. The zero-order valence-electron chi connectivity index (χ0n) is 13.1. The van der Waals surface area contributed by atoms with Gasteiger partial charge in [-0.25, -0.2) is 9.97 Å². The van der Waals surface area contributed by atoms with E-state index in [1.807, 2.05) is 18.2 Å². The summed E-state index contributed by atoms with van der Waals surface area (Å²) >= 11 is 0. The number of nitrogens with zero attached hydrogens (tertiary/aromatic N) is 3. The van der Waals surface area contributed by atoms with Crippen molar-refractivity contribution in [2.75, 3.05) is 25.1 Å². The topological polar surface area (TPSA) is 81.1 Å². The average molecular weight is 305 g/mol. The lowest BCUT2D eigenvalue weighted by Crippen LogP contribution is -2.26. The number of anilines is 2. The van der Waals surface area contributed by atoms with Gasteiger partial charge in [0, 0.05) is 29.7 Å². The molecule has 2 aromatic carbocycles. The van der Waals surface area contributed by atoms with Gasteiger partial charge in [0.2, 0.25) is 5.95 Å². The molecule has 0 spiro atoms. The molecule has 0 saturated heterocycles. The van der Waals surface area contributed by atoms with Crippen molar-refractivity contribution in [3.8, 4) is 11.3 Å². The van der Waals surface area contributed by atoms with Crippen LogP contribution in [0.5, 0.6) is 0 Å². The van der Waals surface area contributed by atoms with Crippen molar-refractivity contribution >= 4 is 22.5 Å². The molecule has 1 aromatic heterocycles. The van der Waals surface area contributed by atoms with E-state index in [0.29, 0.717) is 5.69 Å². The van der Waals surface area contributed by atoms with Crippen molar-refractivity contribution in [2.24, 2.45) is 0 Å². The van der Waals surface area contributed by atoms with Crippen LogP contribution >= 0.6 is 0 Å². The van der Waals surface area contributed by atoms with E-state index < -0.39 is 0 Å². The molecule has 0 saturated carbocycles. The molecule has 0 atom stereocenters. The highest BCUT2D eigenvalue weighted by molar-refractivity contribution is 6.01. The van der Waals surface area contributed by atoms with Crippen LogP contribution in [-0.4, -0.2) is 28.5 Å². The first-order valence-electron chi connectivity index (χ1n) is 7.74. The Labute approximate surface area is 135 Å². The van der Waals surface area contributed by atoms with Crippen molar-refractivity contribution in [2.45, 2.75) is 13.0 Å². The summed E-state index contributed by atoms with van der Waals surface area (Å²) in [5.74, 6) is 0.274. The third kappa shape index (κ3) is 2.39. The number of nitrogen functional groups attached to an aromatic ring is 2. The van der Waals surface area contributed by atoms with E-state index in [2.05, 4.69) is 40.1 Å². The van der Waals surface area contributed by atoms with Crippen LogP contribution in [0.15, 0.2) is 36.4 Å². The molecule has 3 aromatic rings. The van der Waals surface area contributed by atoms with Crippen molar-refractivity contribution in [1.29, 1.82) is 0 Å². The van der Waals surface area contributed by atoms with Gasteiger partial charge >= 0.3 is 0 Å². The fourth-order valence-electron chi connectivity index (χ4n) is 3.28. The lowest BCUT2D eigenvalue weighted by molar-refractivity contribution is 0.313. The molecule has 5 heteroatoms. The largest absolute Gasteiger partial charge is 0.398 e. The minimum atomic E-state index is 0.274. The van der Waals surface area contributed by atoms with Crippen LogP contribution in [0.4, 0.5) is 11.6 Å². The molecule has 1 aliphatic rings. The minimum absolute atomic E-state index is 0.274. The zero-order chi connectivity index (χ0) is 16.0. The summed E-state index contributed by atoms with van der Waals surface area (Å²) in [6.07, 6.45) is 1.05. The van der Waals surface area contributed by atoms with Crippen LogP contribution in [0.2, 0.25) is 0 Å². The van der Waals surface area contributed by atoms with Gasteiger partial charge in [-0.15, -0.1) is 0 Å². The average Bonchev–Trinajstić information content (AvgIpc) is 2.53. The Bertz CT molecular complexity index is 903. The van der Waals surface area contributed by atoms with Gasteiger partial charge in [-0.1, -0.05) is 18.2 Å². The molecule has 0 fully saturated rings. The highest BCUT2D eigenvalue weighted by Gasteiger charge is 2.16. The fourth-order valence-corrected chi connectivity index (χ4v) is 3.28. The van der Waals surface area contributed by atoms with Crippen LogP contribution < -0.4 is 11.5 Å². The van der Waals surface area contributed by atoms with Gasteiger partial charge in [0.05, 0.1) is 11.2 Å². The highest BCUT2D eigenvalue weighted by Crippen LogP contribution is 2.32. The summed E-state index contributed by atoms with van der Waals surface area (Å²) in [5.41, 5.74) is 18.1. The van der Waals surface area contributed by atoms with Crippen molar-refractivity contribution in [3.05, 3.63) is 47.5 Å². The zero-order valence-corrected chi connectivity index (χ0v) is 13.1. The van der Waals surface area contributed by atoms with Gasteiger partial charge in [-0.2, -0.15) is 0 Å². The number of rotatable bonds is 1. The molecule has 0 unspecified atom stereocenters. The fraction of sp³-hybridized carbons (Fsp3) is 0.222. The molecule has 5 nitrogen and oxygen atoms in total. The Balaban J connectivity index is 1.93. The van der Waals surface area contributed by atoms with E-state index in [1.165, 1.54) is 11.1 Å². The first kappa shape index (κ1) is 14.0. The smallest absolute Gasteiger partial charge is 0.221 e. The summed E-state index contributed by atoms with van der Waals surface area (Å²) < 4.78 is 0. The second-order valence-corrected chi connectivity index (χ2v) is 6.14. The van der Waals surface area contributed by atoms with E-state index in [1.54, 1.807) is 0 Å². The number of likely N-dealkylation sites (N-methyl/N-ethyl adjacent to an activating group) is 1. The van der Waals surface area contributed by atoms with Gasteiger partial charge in [0.15, 0.2) is 0 Å². The molecule has 2 heterocycles. The molecule has 0 radical (unpaired) electrons. The molecule has 4 rings (SSSR count). The van der Waals surface area contributed by atoms with Crippen LogP contribution in [0.25, 0.3) is 22.2 Å². The summed E-state index contributed by atoms with van der Waals surface area (Å²) in [4.78, 5) is 11.1.